The molecule has 1 saturated heterocycles. The van der Waals surface area contributed by atoms with Crippen LogP contribution >= 0.6 is 0 Å². The van der Waals surface area contributed by atoms with E-state index in [1.54, 1.807) is 0 Å². The number of aliphatic hydroxyl groups is 2. The summed E-state index contributed by atoms with van der Waals surface area (Å²) in [5.41, 5.74) is -1.29. The molecule has 2 aromatic rings. The molecule has 0 radical (unpaired) electrons. The van der Waals surface area contributed by atoms with Gasteiger partial charge in [0.2, 0.25) is 5.82 Å². The molecule has 1 atom stereocenters. The number of halogens is 1. The molecular formula is C13H14FN5O3. The highest BCUT2D eigenvalue weighted by atomic mass is 19.1. The SMILES string of the molecule is O=C(c1ncn(-c2ncccc2F)n1)N1CCC(O)(CO)C1. The van der Waals surface area contributed by atoms with Gasteiger partial charge in [0.1, 0.15) is 11.9 Å². The topological polar surface area (TPSA) is 104 Å². The summed E-state index contributed by atoms with van der Waals surface area (Å²) in [5, 5.41) is 23.0. The Morgan fingerprint density at radius 2 is 2.27 bits per heavy atom. The van der Waals surface area contributed by atoms with Crippen LogP contribution in [0.5, 0.6) is 0 Å². The summed E-state index contributed by atoms with van der Waals surface area (Å²) in [7, 11) is 0. The van der Waals surface area contributed by atoms with Crippen molar-refractivity contribution in [2.24, 2.45) is 0 Å². The molecule has 0 spiro atoms. The number of aromatic nitrogens is 4. The van der Waals surface area contributed by atoms with Gasteiger partial charge in [-0.1, -0.05) is 0 Å². The smallest absolute Gasteiger partial charge is 0.293 e. The van der Waals surface area contributed by atoms with E-state index < -0.39 is 23.9 Å². The van der Waals surface area contributed by atoms with Crippen LogP contribution in [0.4, 0.5) is 4.39 Å². The Morgan fingerprint density at radius 1 is 1.45 bits per heavy atom. The molecule has 3 rings (SSSR count). The minimum atomic E-state index is -1.29. The third kappa shape index (κ3) is 2.55. The zero-order chi connectivity index (χ0) is 15.7. The van der Waals surface area contributed by atoms with Crippen molar-refractivity contribution in [1.29, 1.82) is 0 Å². The summed E-state index contributed by atoms with van der Waals surface area (Å²) in [6.07, 6.45) is 2.89. The molecule has 1 unspecified atom stereocenters. The number of rotatable bonds is 3. The van der Waals surface area contributed by atoms with Crippen molar-refractivity contribution in [2.75, 3.05) is 19.7 Å². The minimum absolute atomic E-state index is 0.00875. The van der Waals surface area contributed by atoms with Crippen molar-refractivity contribution in [3.8, 4) is 5.82 Å². The summed E-state index contributed by atoms with van der Waals surface area (Å²) < 4.78 is 14.7. The van der Waals surface area contributed by atoms with Crippen molar-refractivity contribution in [3.05, 3.63) is 36.3 Å². The van der Waals surface area contributed by atoms with Crippen molar-refractivity contribution in [1.82, 2.24) is 24.6 Å². The molecule has 3 heterocycles. The van der Waals surface area contributed by atoms with Gasteiger partial charge in [0, 0.05) is 12.7 Å². The Bertz CT molecular complexity index is 706. The molecular weight excluding hydrogens is 293 g/mol. The average molecular weight is 307 g/mol. The molecule has 9 heteroatoms. The maximum atomic E-state index is 13.6. The van der Waals surface area contributed by atoms with Gasteiger partial charge < -0.3 is 15.1 Å². The van der Waals surface area contributed by atoms with Crippen LogP contribution in [0.15, 0.2) is 24.7 Å². The number of likely N-dealkylation sites (tertiary alicyclic amines) is 1. The predicted octanol–water partition coefficient (Wildman–Crippen LogP) is -0.629. The molecule has 0 saturated carbocycles. The highest BCUT2D eigenvalue weighted by Crippen LogP contribution is 2.21. The monoisotopic (exact) mass is 307 g/mol. The molecule has 116 valence electrons. The number of hydrogen-bond donors (Lipinski definition) is 2. The van der Waals surface area contributed by atoms with E-state index in [0.717, 1.165) is 4.68 Å². The van der Waals surface area contributed by atoms with Gasteiger partial charge >= 0.3 is 0 Å². The molecule has 2 N–H and O–H groups in total. The van der Waals surface area contributed by atoms with Crippen LogP contribution in [0.2, 0.25) is 0 Å². The molecule has 8 nitrogen and oxygen atoms in total. The van der Waals surface area contributed by atoms with Gasteiger partial charge in [-0.15, -0.1) is 5.10 Å². The summed E-state index contributed by atoms with van der Waals surface area (Å²) in [6.45, 7) is -0.116. The van der Waals surface area contributed by atoms with Crippen LogP contribution in [0.25, 0.3) is 5.82 Å². The van der Waals surface area contributed by atoms with Gasteiger partial charge in [-0.2, -0.15) is 4.68 Å². The summed E-state index contributed by atoms with van der Waals surface area (Å²) in [4.78, 5) is 21.3. The van der Waals surface area contributed by atoms with Gasteiger partial charge in [-0.3, -0.25) is 4.79 Å². The van der Waals surface area contributed by atoms with E-state index in [4.69, 9.17) is 5.11 Å². The maximum Gasteiger partial charge on any atom is 0.293 e. The predicted molar refractivity (Wildman–Crippen MR) is 71.7 cm³/mol. The van der Waals surface area contributed by atoms with Crippen molar-refractivity contribution >= 4 is 5.91 Å². The van der Waals surface area contributed by atoms with E-state index in [-0.39, 0.29) is 24.6 Å². The lowest BCUT2D eigenvalue weighted by atomic mass is 10.1. The molecule has 1 fully saturated rings. The lowest BCUT2D eigenvalue weighted by molar-refractivity contribution is -0.00465. The van der Waals surface area contributed by atoms with Crippen LogP contribution in [0.3, 0.4) is 0 Å². The van der Waals surface area contributed by atoms with Gasteiger partial charge in [-0.25, -0.2) is 14.4 Å². The Labute approximate surface area is 124 Å². The molecule has 0 aromatic carbocycles. The van der Waals surface area contributed by atoms with Crippen molar-refractivity contribution in [3.63, 3.8) is 0 Å². The van der Waals surface area contributed by atoms with Crippen LogP contribution in [-0.4, -0.2) is 66.1 Å². The zero-order valence-electron chi connectivity index (χ0n) is 11.6. The first kappa shape index (κ1) is 14.5. The lowest BCUT2D eigenvalue weighted by Crippen LogP contribution is -2.39. The largest absolute Gasteiger partial charge is 0.393 e. The Kier molecular flexibility index (Phi) is 3.59. The second-order valence-corrected chi connectivity index (χ2v) is 5.18. The van der Waals surface area contributed by atoms with Crippen LogP contribution in [-0.2, 0) is 0 Å². The van der Waals surface area contributed by atoms with E-state index >= 15 is 0 Å². The van der Waals surface area contributed by atoms with Crippen LogP contribution in [0, 0.1) is 5.82 Å². The number of aliphatic hydroxyl groups excluding tert-OH is 1. The Balaban J connectivity index is 1.80. The minimum Gasteiger partial charge on any atom is -0.393 e. The number of nitrogens with zero attached hydrogens (tertiary/aromatic N) is 5. The van der Waals surface area contributed by atoms with Crippen molar-refractivity contribution < 1.29 is 19.4 Å². The fraction of sp³-hybridized carbons (Fsp3) is 0.385. The first-order chi connectivity index (χ1) is 10.5. The normalized spacial score (nSPS) is 21.3. The van der Waals surface area contributed by atoms with E-state index in [0.29, 0.717) is 6.54 Å². The molecule has 0 aliphatic carbocycles. The lowest BCUT2D eigenvalue weighted by Gasteiger charge is -2.19. The van der Waals surface area contributed by atoms with Gasteiger partial charge in [0.25, 0.3) is 5.91 Å². The molecule has 1 amide bonds. The van der Waals surface area contributed by atoms with Crippen LogP contribution in [0.1, 0.15) is 17.0 Å². The summed E-state index contributed by atoms with van der Waals surface area (Å²) >= 11 is 0. The van der Waals surface area contributed by atoms with Gasteiger partial charge in [0.05, 0.1) is 13.2 Å². The van der Waals surface area contributed by atoms with E-state index in [1.165, 1.54) is 29.6 Å². The molecule has 0 bridgehead atoms. The first-order valence-corrected chi connectivity index (χ1v) is 6.67. The van der Waals surface area contributed by atoms with E-state index in [2.05, 4.69) is 15.1 Å². The summed E-state index contributed by atoms with van der Waals surface area (Å²) in [6, 6.07) is 2.68. The first-order valence-electron chi connectivity index (χ1n) is 6.67. The van der Waals surface area contributed by atoms with Gasteiger partial charge in [-0.05, 0) is 18.6 Å². The fourth-order valence-corrected chi connectivity index (χ4v) is 2.31. The quantitative estimate of drug-likeness (QED) is 0.782. The second-order valence-electron chi connectivity index (χ2n) is 5.18. The maximum absolute atomic E-state index is 13.6. The molecule has 2 aromatic heterocycles. The van der Waals surface area contributed by atoms with Crippen LogP contribution < -0.4 is 0 Å². The fourth-order valence-electron chi connectivity index (χ4n) is 2.31. The molecule has 1 aliphatic heterocycles. The average Bonchev–Trinajstić information content (AvgIpc) is 3.15. The molecule has 22 heavy (non-hydrogen) atoms. The van der Waals surface area contributed by atoms with Crippen molar-refractivity contribution in [2.45, 2.75) is 12.0 Å². The Hall–Kier alpha value is -2.39. The number of hydrogen-bond acceptors (Lipinski definition) is 6. The number of carbonyl (C=O) groups is 1. The Morgan fingerprint density at radius 3 is 2.95 bits per heavy atom. The second kappa shape index (κ2) is 5.43. The third-order valence-electron chi connectivity index (χ3n) is 3.55. The number of amides is 1. The van der Waals surface area contributed by atoms with E-state index in [1.807, 2.05) is 0 Å². The zero-order valence-corrected chi connectivity index (χ0v) is 11.6. The van der Waals surface area contributed by atoms with E-state index in [9.17, 15) is 14.3 Å². The number of carbonyl (C=O) groups excluding carboxylic acids is 1. The molecule has 1 aliphatic rings. The highest BCUT2D eigenvalue weighted by Gasteiger charge is 2.38. The highest BCUT2D eigenvalue weighted by molar-refractivity contribution is 5.90. The number of pyridine rings is 1. The summed E-state index contributed by atoms with van der Waals surface area (Å²) in [5.74, 6) is -1.24. The standard InChI is InChI=1S/C13H14FN5O3/c14-9-2-1-4-15-11(9)19-8-16-10(17-19)12(21)18-5-3-13(22,6-18)7-20/h1-2,4,8,20,22H,3,5-7H2. The van der Waals surface area contributed by atoms with Gasteiger partial charge in [0.15, 0.2) is 11.6 Å². The third-order valence-corrected chi connectivity index (χ3v) is 3.55. The number of β-amino-alcohol motifs (C(OH)–C–C–N with tert-alkyl or cyclic N) is 1.